The van der Waals surface area contributed by atoms with Gasteiger partial charge in [0.25, 0.3) is 5.69 Å². The Labute approximate surface area is 88.3 Å². The number of benzene rings is 1. The van der Waals surface area contributed by atoms with E-state index in [-0.39, 0.29) is 10.7 Å². The second kappa shape index (κ2) is 3.50. The van der Waals surface area contributed by atoms with Crippen LogP contribution < -0.4 is 0 Å². The van der Waals surface area contributed by atoms with Crippen LogP contribution >= 0.6 is 0 Å². The molecule has 8 heteroatoms. The number of hydrogen-bond acceptors (Lipinski definition) is 4. The van der Waals surface area contributed by atoms with Crippen LogP contribution in [0.25, 0.3) is 10.9 Å². The fourth-order valence-corrected chi connectivity index (χ4v) is 1.42. The fourth-order valence-electron chi connectivity index (χ4n) is 1.42. The summed E-state index contributed by atoms with van der Waals surface area (Å²) < 4.78 is 1.01. The Balaban J connectivity index is 2.63. The molecule has 8 nitrogen and oxygen atoms in total. The number of fused-ring (bicyclic) bond motifs is 1. The second-order valence-corrected chi connectivity index (χ2v) is 3.00. The van der Waals surface area contributed by atoms with E-state index in [1.54, 1.807) is 0 Å². The summed E-state index contributed by atoms with van der Waals surface area (Å²) in [5, 5.41) is 32.8. The Kier molecular flexibility index (Phi) is 2.16. The third-order valence-electron chi connectivity index (χ3n) is 2.12. The first-order valence-corrected chi connectivity index (χ1v) is 4.21. The molecule has 1 N–H and O–H groups in total. The van der Waals surface area contributed by atoms with E-state index in [1.807, 2.05) is 0 Å². The lowest BCUT2D eigenvalue weighted by Gasteiger charge is -1.98. The van der Waals surface area contributed by atoms with Crippen LogP contribution in [0.1, 0.15) is 0 Å². The van der Waals surface area contributed by atoms with Crippen LogP contribution in [0.15, 0.2) is 35.7 Å². The number of non-ortho nitro benzene ring substituents is 1. The zero-order chi connectivity index (χ0) is 11.7. The number of nitrogens with zero attached hydrogens (tertiary/aromatic N) is 4. The van der Waals surface area contributed by atoms with Crippen molar-refractivity contribution in [1.29, 1.82) is 0 Å². The number of aromatic nitrogens is 1. The van der Waals surface area contributed by atoms with Crippen molar-refractivity contribution in [1.82, 2.24) is 4.68 Å². The van der Waals surface area contributed by atoms with E-state index in [9.17, 15) is 15.3 Å². The third-order valence-corrected chi connectivity index (χ3v) is 2.12. The quantitative estimate of drug-likeness (QED) is 0.360. The SMILES string of the molecule is O=[N+]([O-])c1ccc2c(ccn2/[N+]([O-])=N/O)c1. The molecule has 0 aliphatic heterocycles. The monoisotopic (exact) mass is 222 g/mol. The van der Waals surface area contributed by atoms with Gasteiger partial charge >= 0.3 is 0 Å². The summed E-state index contributed by atoms with van der Waals surface area (Å²) in [7, 11) is 0. The van der Waals surface area contributed by atoms with Crippen molar-refractivity contribution in [3.63, 3.8) is 0 Å². The van der Waals surface area contributed by atoms with Crippen LogP contribution in [0.5, 0.6) is 0 Å². The van der Waals surface area contributed by atoms with Gasteiger partial charge in [0.15, 0.2) is 0 Å². The summed E-state index contributed by atoms with van der Waals surface area (Å²) >= 11 is 0. The molecule has 0 fully saturated rings. The van der Waals surface area contributed by atoms with Gasteiger partial charge in [-0.1, -0.05) is 4.68 Å². The van der Waals surface area contributed by atoms with E-state index in [0.717, 1.165) is 4.68 Å². The summed E-state index contributed by atoms with van der Waals surface area (Å²) in [6.45, 7) is 0. The van der Waals surface area contributed by atoms with Crippen LogP contribution in [-0.2, 0) is 0 Å². The zero-order valence-electron chi connectivity index (χ0n) is 7.85. The van der Waals surface area contributed by atoms with Crippen molar-refractivity contribution in [3.05, 3.63) is 45.8 Å². The average Bonchev–Trinajstić information content (AvgIpc) is 2.70. The van der Waals surface area contributed by atoms with Crippen LogP contribution in [0.4, 0.5) is 5.69 Å². The summed E-state index contributed by atoms with van der Waals surface area (Å²) in [4.78, 5) is 9.95. The maximum absolute atomic E-state index is 11.0. The van der Waals surface area contributed by atoms with E-state index < -0.39 is 4.92 Å². The predicted octanol–water partition coefficient (Wildman–Crippen LogP) is 1.66. The molecular formula is C8H6N4O4. The minimum Gasteiger partial charge on any atom is -0.568 e. The smallest absolute Gasteiger partial charge is 0.270 e. The van der Waals surface area contributed by atoms with E-state index >= 15 is 0 Å². The molecule has 0 saturated heterocycles. The molecule has 0 radical (unpaired) electrons. The molecule has 0 saturated carbocycles. The van der Waals surface area contributed by atoms with E-state index in [1.165, 1.54) is 30.5 Å². The molecule has 1 heterocycles. The van der Waals surface area contributed by atoms with Gasteiger partial charge in [-0.3, -0.25) is 10.1 Å². The van der Waals surface area contributed by atoms with Crippen molar-refractivity contribution in [3.8, 4) is 0 Å². The van der Waals surface area contributed by atoms with Gasteiger partial charge in [-0.15, -0.1) is 0 Å². The number of hydrogen-bond donors (Lipinski definition) is 1. The zero-order valence-corrected chi connectivity index (χ0v) is 7.85. The van der Waals surface area contributed by atoms with Gasteiger partial charge in [0.2, 0.25) is 5.28 Å². The first-order valence-electron chi connectivity index (χ1n) is 4.21. The molecule has 2 aromatic rings. The Hall–Kier alpha value is -2.64. The number of nitro groups is 1. The summed E-state index contributed by atoms with van der Waals surface area (Å²) in [6.07, 6.45) is 1.35. The molecule has 1 aromatic carbocycles. The highest BCUT2D eigenvalue weighted by molar-refractivity contribution is 5.82. The lowest BCUT2D eigenvalue weighted by Crippen LogP contribution is -2.07. The molecule has 0 amide bonds. The second-order valence-electron chi connectivity index (χ2n) is 3.00. The van der Waals surface area contributed by atoms with E-state index in [4.69, 9.17) is 5.21 Å². The van der Waals surface area contributed by atoms with Gasteiger partial charge in [-0.2, -0.15) is 0 Å². The molecule has 0 aliphatic carbocycles. The predicted molar refractivity (Wildman–Crippen MR) is 51.8 cm³/mol. The molecule has 2 rings (SSSR count). The molecule has 0 aliphatic rings. The maximum Gasteiger partial charge on any atom is 0.270 e. The van der Waals surface area contributed by atoms with Gasteiger partial charge in [-0.05, 0) is 12.1 Å². The van der Waals surface area contributed by atoms with Crippen LogP contribution in [-0.4, -0.2) is 19.8 Å². The van der Waals surface area contributed by atoms with E-state index in [2.05, 4.69) is 5.28 Å². The highest BCUT2D eigenvalue weighted by Crippen LogP contribution is 2.21. The molecule has 0 bridgehead atoms. The van der Waals surface area contributed by atoms with Gasteiger partial charge in [0.1, 0.15) is 5.52 Å². The molecule has 0 spiro atoms. The molecule has 16 heavy (non-hydrogen) atoms. The Bertz CT molecular complexity index is 589. The van der Waals surface area contributed by atoms with Crippen molar-refractivity contribution in [2.24, 2.45) is 5.28 Å². The van der Waals surface area contributed by atoms with Gasteiger partial charge in [0.05, 0.1) is 16.1 Å². The van der Waals surface area contributed by atoms with E-state index in [0.29, 0.717) is 10.9 Å². The molecule has 0 unspecified atom stereocenters. The molecule has 82 valence electrons. The highest BCUT2D eigenvalue weighted by atomic mass is 16.6. The van der Waals surface area contributed by atoms with Crippen LogP contribution in [0.2, 0.25) is 0 Å². The maximum atomic E-state index is 11.0. The summed E-state index contributed by atoms with van der Waals surface area (Å²) in [5.74, 6) is 0. The minimum absolute atomic E-state index is 0.0336. The molecule has 1 aromatic heterocycles. The van der Waals surface area contributed by atoms with Crippen molar-refractivity contribution >= 4 is 16.6 Å². The Morgan fingerprint density at radius 1 is 1.31 bits per heavy atom. The van der Waals surface area contributed by atoms with Crippen molar-refractivity contribution in [2.75, 3.05) is 0 Å². The largest absolute Gasteiger partial charge is 0.568 e. The standard InChI is InChI=1S/C8H6N4O4/c13-9-12(16)10-4-3-6-5-7(11(14)15)1-2-8(6)10/h1-5,13H/b12-9-. The van der Waals surface area contributed by atoms with Gasteiger partial charge in [-0.25, -0.2) is 0 Å². The summed E-state index contributed by atoms with van der Waals surface area (Å²) in [6, 6.07) is 5.52. The molecular weight excluding hydrogens is 216 g/mol. The molecule has 0 atom stereocenters. The third kappa shape index (κ3) is 1.41. The fraction of sp³-hybridized carbons (Fsp3) is 0. The number of rotatable bonds is 2. The highest BCUT2D eigenvalue weighted by Gasteiger charge is 2.12. The minimum atomic E-state index is -0.526. The topological polar surface area (TPSA) is 107 Å². The lowest BCUT2D eigenvalue weighted by atomic mass is 10.2. The van der Waals surface area contributed by atoms with Crippen molar-refractivity contribution < 1.29 is 15.1 Å². The Morgan fingerprint density at radius 3 is 2.69 bits per heavy atom. The Morgan fingerprint density at radius 2 is 2.06 bits per heavy atom. The van der Waals surface area contributed by atoms with Gasteiger partial charge < -0.3 is 10.4 Å². The van der Waals surface area contributed by atoms with Crippen molar-refractivity contribution in [2.45, 2.75) is 0 Å². The van der Waals surface area contributed by atoms with Gasteiger partial charge in [0, 0.05) is 17.5 Å². The lowest BCUT2D eigenvalue weighted by molar-refractivity contribution is -0.606. The normalized spacial score (nSPS) is 11.9. The van der Waals surface area contributed by atoms with Crippen LogP contribution in [0.3, 0.4) is 0 Å². The first-order chi connectivity index (χ1) is 7.63. The number of nitro benzene ring substituents is 1. The first kappa shape index (κ1) is 9.90. The average molecular weight is 222 g/mol. The van der Waals surface area contributed by atoms with Crippen LogP contribution in [0, 0.1) is 15.3 Å². The summed E-state index contributed by atoms with van der Waals surface area (Å²) in [5.41, 5.74) is 0.349.